The Hall–Kier alpha value is -2.51. The van der Waals surface area contributed by atoms with Crippen LogP contribution in [0.4, 0.5) is 5.69 Å². The van der Waals surface area contributed by atoms with Crippen LogP contribution in [0.25, 0.3) is 10.6 Å². The number of ether oxygens (including phenoxy) is 1. The summed E-state index contributed by atoms with van der Waals surface area (Å²) in [6, 6.07) is 12.9. The van der Waals surface area contributed by atoms with Gasteiger partial charge in [-0.25, -0.2) is 9.78 Å². The van der Waals surface area contributed by atoms with Crippen LogP contribution < -0.4 is 9.46 Å². The van der Waals surface area contributed by atoms with Gasteiger partial charge in [-0.3, -0.25) is 0 Å². The molecule has 0 aliphatic rings. The molecule has 0 unspecified atom stereocenters. The molecule has 3 rings (SSSR count). The predicted octanol–water partition coefficient (Wildman–Crippen LogP) is 4.94. The third kappa shape index (κ3) is 3.94. The van der Waals surface area contributed by atoms with Gasteiger partial charge in [0.2, 0.25) is 0 Å². The molecule has 2 N–H and O–H groups in total. The number of carboxylic acid groups (broad SMARTS) is 1. The van der Waals surface area contributed by atoms with Crippen LogP contribution in [-0.4, -0.2) is 23.2 Å². The first-order chi connectivity index (χ1) is 12.1. The normalized spacial score (nSPS) is 10.5. The van der Waals surface area contributed by atoms with Crippen LogP contribution in [0.2, 0.25) is 0 Å². The first-order valence-corrected chi connectivity index (χ1v) is 9.14. The summed E-state index contributed by atoms with van der Waals surface area (Å²) < 4.78 is 8.43. The van der Waals surface area contributed by atoms with E-state index in [1.165, 1.54) is 36.8 Å². The van der Waals surface area contributed by atoms with Crippen molar-refractivity contribution in [3.05, 3.63) is 59.0 Å². The Morgan fingerprint density at radius 3 is 2.80 bits per heavy atom. The van der Waals surface area contributed by atoms with Gasteiger partial charge in [0.15, 0.2) is 0 Å². The van der Waals surface area contributed by atoms with E-state index in [9.17, 15) is 4.79 Å². The molecule has 25 heavy (non-hydrogen) atoms. The summed E-state index contributed by atoms with van der Waals surface area (Å²) in [6.45, 7) is 2.07. The molecule has 0 fully saturated rings. The minimum Gasteiger partial charge on any atom is -0.495 e. The summed E-state index contributed by atoms with van der Waals surface area (Å²) in [6.07, 6.45) is 0. The quantitative estimate of drug-likeness (QED) is 0.597. The SMILES string of the molecule is COc1cc(C(=O)O)ccc1NSc1csc(-c2ccccc2C)n1. The van der Waals surface area contributed by atoms with Crippen molar-refractivity contribution >= 4 is 34.9 Å². The molecular formula is C18H16N2O3S2. The average molecular weight is 372 g/mol. The number of thiazole rings is 1. The summed E-state index contributed by atoms with van der Waals surface area (Å²) in [4.78, 5) is 15.7. The number of nitrogens with zero attached hydrogens (tertiary/aromatic N) is 1. The topological polar surface area (TPSA) is 71.5 Å². The molecule has 0 saturated carbocycles. The molecule has 2 aromatic carbocycles. The number of nitrogens with one attached hydrogen (secondary N) is 1. The average Bonchev–Trinajstić information content (AvgIpc) is 3.08. The van der Waals surface area contributed by atoms with Crippen molar-refractivity contribution in [3.63, 3.8) is 0 Å². The highest BCUT2D eigenvalue weighted by Crippen LogP contribution is 2.33. The fourth-order valence-electron chi connectivity index (χ4n) is 2.26. The lowest BCUT2D eigenvalue weighted by atomic mass is 10.1. The first kappa shape index (κ1) is 17.3. The molecule has 3 aromatic rings. The van der Waals surface area contributed by atoms with Crippen LogP contribution in [0.15, 0.2) is 52.9 Å². The van der Waals surface area contributed by atoms with Gasteiger partial charge < -0.3 is 14.6 Å². The lowest BCUT2D eigenvalue weighted by Gasteiger charge is -2.10. The van der Waals surface area contributed by atoms with Gasteiger partial charge in [0.05, 0.1) is 18.4 Å². The molecule has 128 valence electrons. The second-order valence-corrected chi connectivity index (χ2v) is 6.91. The summed E-state index contributed by atoms with van der Waals surface area (Å²) in [5.41, 5.74) is 3.20. The zero-order chi connectivity index (χ0) is 17.8. The van der Waals surface area contributed by atoms with Gasteiger partial charge in [-0.1, -0.05) is 24.3 Å². The third-order valence-electron chi connectivity index (χ3n) is 3.57. The maximum Gasteiger partial charge on any atom is 0.335 e. The van der Waals surface area contributed by atoms with Gasteiger partial charge >= 0.3 is 5.97 Å². The van der Waals surface area contributed by atoms with Crippen LogP contribution in [-0.2, 0) is 0 Å². The van der Waals surface area contributed by atoms with E-state index in [0.717, 1.165) is 15.6 Å². The Bertz CT molecular complexity index is 909. The molecule has 0 saturated heterocycles. The van der Waals surface area contributed by atoms with Gasteiger partial charge in [-0.2, -0.15) is 0 Å². The Kier molecular flexibility index (Phi) is 5.25. The van der Waals surface area contributed by atoms with Crippen molar-refractivity contribution in [2.24, 2.45) is 0 Å². The Morgan fingerprint density at radius 1 is 1.28 bits per heavy atom. The van der Waals surface area contributed by atoms with Crippen molar-refractivity contribution in [1.82, 2.24) is 4.98 Å². The van der Waals surface area contributed by atoms with E-state index in [1.807, 2.05) is 17.5 Å². The van der Waals surface area contributed by atoms with E-state index in [2.05, 4.69) is 28.8 Å². The van der Waals surface area contributed by atoms with Crippen molar-refractivity contribution in [2.75, 3.05) is 11.8 Å². The molecular weight excluding hydrogens is 356 g/mol. The number of methoxy groups -OCH3 is 1. The van der Waals surface area contributed by atoms with Crippen LogP contribution in [0, 0.1) is 6.92 Å². The first-order valence-electron chi connectivity index (χ1n) is 7.44. The number of rotatable bonds is 6. The summed E-state index contributed by atoms with van der Waals surface area (Å²) >= 11 is 2.95. The number of carbonyl (C=O) groups is 1. The molecule has 7 heteroatoms. The van der Waals surface area contributed by atoms with E-state index in [-0.39, 0.29) is 5.56 Å². The Balaban J connectivity index is 1.75. The number of aryl methyl sites for hydroxylation is 1. The van der Waals surface area contributed by atoms with Crippen LogP contribution >= 0.6 is 23.3 Å². The van der Waals surface area contributed by atoms with Crippen LogP contribution in [0.5, 0.6) is 5.75 Å². The standard InChI is InChI=1S/C18H16N2O3S2/c1-11-5-3-4-6-13(11)17-19-16(10-24-17)25-20-14-8-7-12(18(21)22)9-15(14)23-2/h3-10,20H,1-2H3,(H,21,22). The van der Waals surface area contributed by atoms with E-state index >= 15 is 0 Å². The molecule has 0 aliphatic carbocycles. The maximum absolute atomic E-state index is 11.0. The second kappa shape index (κ2) is 7.58. The Labute approximate surface area is 153 Å². The Morgan fingerprint density at radius 2 is 2.08 bits per heavy atom. The molecule has 0 bridgehead atoms. The van der Waals surface area contributed by atoms with Gasteiger partial charge in [0.25, 0.3) is 0 Å². The summed E-state index contributed by atoms with van der Waals surface area (Å²) in [5.74, 6) is -0.512. The van der Waals surface area contributed by atoms with Gasteiger partial charge in [0, 0.05) is 22.9 Å². The fourth-order valence-corrected chi connectivity index (χ4v) is 3.95. The van der Waals surface area contributed by atoms with Crippen molar-refractivity contribution in [1.29, 1.82) is 0 Å². The van der Waals surface area contributed by atoms with Gasteiger partial charge in [-0.05, 0) is 30.7 Å². The van der Waals surface area contributed by atoms with Gasteiger partial charge in [0.1, 0.15) is 15.8 Å². The molecule has 0 radical (unpaired) electrons. The van der Waals surface area contributed by atoms with Crippen LogP contribution in [0.3, 0.4) is 0 Å². The fraction of sp³-hybridized carbons (Fsp3) is 0.111. The van der Waals surface area contributed by atoms with Crippen LogP contribution in [0.1, 0.15) is 15.9 Å². The molecule has 0 amide bonds. The summed E-state index contributed by atoms with van der Waals surface area (Å²) in [5, 5.41) is 12.8. The highest BCUT2D eigenvalue weighted by atomic mass is 32.2. The van der Waals surface area contributed by atoms with Crippen molar-refractivity contribution in [2.45, 2.75) is 11.9 Å². The molecule has 1 heterocycles. The number of aromatic carboxylic acids is 1. The highest BCUT2D eigenvalue weighted by molar-refractivity contribution is 8.00. The summed E-state index contributed by atoms with van der Waals surface area (Å²) in [7, 11) is 1.51. The molecule has 5 nitrogen and oxygen atoms in total. The smallest absolute Gasteiger partial charge is 0.335 e. The minimum absolute atomic E-state index is 0.183. The van der Waals surface area contributed by atoms with Crippen molar-refractivity contribution in [3.8, 4) is 16.3 Å². The largest absolute Gasteiger partial charge is 0.495 e. The maximum atomic E-state index is 11.0. The van der Waals surface area contributed by atoms with E-state index in [4.69, 9.17) is 9.84 Å². The number of hydrogen-bond donors (Lipinski definition) is 2. The van der Waals surface area contributed by atoms with E-state index in [0.29, 0.717) is 11.4 Å². The van der Waals surface area contributed by atoms with E-state index < -0.39 is 5.97 Å². The minimum atomic E-state index is -0.986. The molecule has 1 aromatic heterocycles. The lowest BCUT2D eigenvalue weighted by molar-refractivity contribution is 0.0696. The zero-order valence-electron chi connectivity index (χ0n) is 13.6. The number of anilines is 1. The number of hydrogen-bond acceptors (Lipinski definition) is 6. The zero-order valence-corrected chi connectivity index (χ0v) is 15.3. The monoisotopic (exact) mass is 372 g/mol. The molecule has 0 aliphatic heterocycles. The number of benzene rings is 2. The lowest BCUT2D eigenvalue weighted by Crippen LogP contribution is -1.99. The van der Waals surface area contributed by atoms with E-state index in [1.54, 1.807) is 17.4 Å². The predicted molar refractivity (Wildman–Crippen MR) is 102 cm³/mol. The molecule has 0 atom stereocenters. The second-order valence-electron chi connectivity index (χ2n) is 5.23. The van der Waals surface area contributed by atoms with Crippen molar-refractivity contribution < 1.29 is 14.6 Å². The van der Waals surface area contributed by atoms with Gasteiger partial charge in [-0.15, -0.1) is 11.3 Å². The molecule has 0 spiro atoms. The third-order valence-corrected chi connectivity index (χ3v) is 5.34. The number of aromatic nitrogens is 1. The number of carboxylic acids is 1. The highest BCUT2D eigenvalue weighted by Gasteiger charge is 2.11.